The van der Waals surface area contributed by atoms with E-state index in [4.69, 9.17) is 0 Å². The summed E-state index contributed by atoms with van der Waals surface area (Å²) in [5.41, 5.74) is 2.24. The molecule has 0 spiro atoms. The van der Waals surface area contributed by atoms with Gasteiger partial charge in [-0.3, -0.25) is 4.98 Å². The normalized spacial score (nSPS) is 17.0. The Balaban J connectivity index is 1.83. The van der Waals surface area contributed by atoms with Gasteiger partial charge in [0.05, 0.1) is 11.2 Å². The lowest BCUT2D eigenvalue weighted by atomic mass is 10.1. The van der Waals surface area contributed by atoms with Crippen LogP contribution >= 0.6 is 0 Å². The van der Waals surface area contributed by atoms with Crippen molar-refractivity contribution in [3.8, 4) is 0 Å². The number of fused-ring (bicyclic) bond motifs is 1. The number of nitrogens with one attached hydrogen (secondary N) is 1. The number of hydrogen-bond donors (Lipinski definition) is 1. The Bertz CT molecular complexity index is 512. The van der Waals surface area contributed by atoms with Crippen molar-refractivity contribution in [2.75, 3.05) is 5.32 Å². The monoisotopic (exact) mass is 226 g/mol. The summed E-state index contributed by atoms with van der Waals surface area (Å²) in [6.07, 6.45) is 5.97. The van der Waals surface area contributed by atoms with Crippen LogP contribution in [0.1, 0.15) is 26.2 Å². The molecule has 1 atom stereocenters. The number of para-hydroxylation sites is 1. The number of rotatable bonds is 4. The summed E-state index contributed by atoms with van der Waals surface area (Å²) in [5, 5.41) is 4.80. The van der Waals surface area contributed by atoms with Crippen molar-refractivity contribution in [1.29, 1.82) is 0 Å². The highest BCUT2D eigenvalue weighted by Crippen LogP contribution is 2.34. The molecular formula is C15H18N2. The third-order valence-electron chi connectivity index (χ3n) is 3.42. The summed E-state index contributed by atoms with van der Waals surface area (Å²) in [4.78, 5) is 4.47. The zero-order valence-electron chi connectivity index (χ0n) is 10.2. The highest BCUT2D eigenvalue weighted by atomic mass is 14.9. The Kier molecular flexibility index (Phi) is 2.71. The quantitative estimate of drug-likeness (QED) is 0.856. The molecule has 2 aromatic rings. The molecule has 1 aromatic heterocycles. The Hall–Kier alpha value is -1.57. The van der Waals surface area contributed by atoms with Gasteiger partial charge in [-0.05, 0) is 31.4 Å². The van der Waals surface area contributed by atoms with E-state index in [-0.39, 0.29) is 0 Å². The average molecular weight is 226 g/mol. The van der Waals surface area contributed by atoms with Gasteiger partial charge < -0.3 is 5.32 Å². The first-order valence-corrected chi connectivity index (χ1v) is 6.43. The van der Waals surface area contributed by atoms with Gasteiger partial charge in [-0.15, -0.1) is 0 Å². The van der Waals surface area contributed by atoms with Crippen molar-refractivity contribution >= 4 is 16.6 Å². The molecule has 1 unspecified atom stereocenters. The van der Waals surface area contributed by atoms with E-state index < -0.39 is 0 Å². The largest absolute Gasteiger partial charge is 0.381 e. The van der Waals surface area contributed by atoms with Crippen molar-refractivity contribution in [2.24, 2.45) is 5.92 Å². The van der Waals surface area contributed by atoms with E-state index >= 15 is 0 Å². The standard InChI is InChI=1S/C15H18N2/c1-11(10-12-7-8-12)17-14-6-2-4-13-5-3-9-16-15(13)14/h2-6,9,11-12,17H,7-8,10H2,1H3. The number of aromatic nitrogens is 1. The maximum absolute atomic E-state index is 4.47. The SMILES string of the molecule is CC(CC1CC1)Nc1cccc2cccnc12. The van der Waals surface area contributed by atoms with Crippen LogP contribution < -0.4 is 5.32 Å². The molecule has 3 rings (SSSR count). The topological polar surface area (TPSA) is 24.9 Å². The molecule has 17 heavy (non-hydrogen) atoms. The van der Waals surface area contributed by atoms with Crippen molar-refractivity contribution < 1.29 is 0 Å². The third kappa shape index (κ3) is 2.41. The molecule has 0 amide bonds. The lowest BCUT2D eigenvalue weighted by molar-refractivity contribution is 0.642. The van der Waals surface area contributed by atoms with E-state index in [0.717, 1.165) is 17.1 Å². The predicted octanol–water partition coefficient (Wildman–Crippen LogP) is 3.84. The molecule has 88 valence electrons. The van der Waals surface area contributed by atoms with E-state index in [1.807, 2.05) is 12.3 Å². The first-order chi connectivity index (χ1) is 8.33. The van der Waals surface area contributed by atoms with Crippen molar-refractivity contribution in [2.45, 2.75) is 32.2 Å². The van der Waals surface area contributed by atoms with Crippen LogP contribution in [-0.4, -0.2) is 11.0 Å². The Morgan fingerprint density at radius 2 is 2.12 bits per heavy atom. The average Bonchev–Trinajstić information content (AvgIpc) is 3.13. The smallest absolute Gasteiger partial charge is 0.0933 e. The maximum Gasteiger partial charge on any atom is 0.0933 e. The number of nitrogens with zero attached hydrogens (tertiary/aromatic N) is 1. The van der Waals surface area contributed by atoms with E-state index in [2.05, 4.69) is 41.5 Å². The van der Waals surface area contributed by atoms with Crippen LogP contribution in [0.4, 0.5) is 5.69 Å². The molecule has 1 heterocycles. The minimum Gasteiger partial charge on any atom is -0.381 e. The maximum atomic E-state index is 4.47. The Morgan fingerprint density at radius 1 is 1.29 bits per heavy atom. The molecule has 2 heteroatoms. The van der Waals surface area contributed by atoms with Gasteiger partial charge in [0.15, 0.2) is 0 Å². The van der Waals surface area contributed by atoms with Crippen LogP contribution in [0.2, 0.25) is 0 Å². The molecule has 0 bridgehead atoms. The third-order valence-corrected chi connectivity index (χ3v) is 3.42. The van der Waals surface area contributed by atoms with Gasteiger partial charge >= 0.3 is 0 Å². The second-order valence-corrected chi connectivity index (χ2v) is 5.11. The molecule has 1 saturated carbocycles. The Morgan fingerprint density at radius 3 is 2.94 bits per heavy atom. The second-order valence-electron chi connectivity index (χ2n) is 5.11. The minimum absolute atomic E-state index is 0.537. The van der Waals surface area contributed by atoms with Gasteiger partial charge in [0.2, 0.25) is 0 Å². The highest BCUT2D eigenvalue weighted by Gasteiger charge is 2.23. The molecule has 0 saturated heterocycles. The molecular weight excluding hydrogens is 208 g/mol. The van der Waals surface area contributed by atoms with Crippen molar-refractivity contribution in [1.82, 2.24) is 4.98 Å². The molecule has 2 nitrogen and oxygen atoms in total. The summed E-state index contributed by atoms with van der Waals surface area (Å²) in [7, 11) is 0. The van der Waals surface area contributed by atoms with E-state index in [0.29, 0.717) is 6.04 Å². The van der Waals surface area contributed by atoms with Gasteiger partial charge in [0.25, 0.3) is 0 Å². The zero-order chi connectivity index (χ0) is 11.7. The minimum atomic E-state index is 0.537. The van der Waals surface area contributed by atoms with E-state index in [9.17, 15) is 0 Å². The Labute approximate surface area is 102 Å². The molecule has 1 aromatic carbocycles. The fourth-order valence-corrected chi connectivity index (χ4v) is 2.40. The van der Waals surface area contributed by atoms with Gasteiger partial charge in [-0.2, -0.15) is 0 Å². The molecule has 0 radical (unpaired) electrons. The predicted molar refractivity (Wildman–Crippen MR) is 72.2 cm³/mol. The summed E-state index contributed by atoms with van der Waals surface area (Å²) in [6, 6.07) is 11.0. The van der Waals surface area contributed by atoms with Gasteiger partial charge in [0.1, 0.15) is 0 Å². The molecule has 0 aliphatic heterocycles. The first-order valence-electron chi connectivity index (χ1n) is 6.43. The van der Waals surface area contributed by atoms with Crippen LogP contribution in [-0.2, 0) is 0 Å². The highest BCUT2D eigenvalue weighted by molar-refractivity contribution is 5.90. The molecule has 1 aliphatic carbocycles. The molecule has 1 aliphatic rings. The second kappa shape index (κ2) is 4.36. The fraction of sp³-hybridized carbons (Fsp3) is 0.400. The van der Waals surface area contributed by atoms with Crippen LogP contribution in [0.25, 0.3) is 10.9 Å². The van der Waals surface area contributed by atoms with Crippen molar-refractivity contribution in [3.63, 3.8) is 0 Å². The van der Waals surface area contributed by atoms with Crippen LogP contribution in [0.15, 0.2) is 36.5 Å². The summed E-state index contributed by atoms with van der Waals surface area (Å²) >= 11 is 0. The number of pyridine rings is 1. The number of hydrogen-bond acceptors (Lipinski definition) is 2. The summed E-state index contributed by atoms with van der Waals surface area (Å²) in [6.45, 7) is 2.26. The van der Waals surface area contributed by atoms with E-state index in [1.165, 1.54) is 24.6 Å². The van der Waals surface area contributed by atoms with Gasteiger partial charge in [-0.1, -0.05) is 31.0 Å². The van der Waals surface area contributed by atoms with E-state index in [1.54, 1.807) is 0 Å². The summed E-state index contributed by atoms with van der Waals surface area (Å²) < 4.78 is 0. The first kappa shape index (κ1) is 10.6. The van der Waals surface area contributed by atoms with Crippen LogP contribution in [0.5, 0.6) is 0 Å². The number of benzene rings is 1. The van der Waals surface area contributed by atoms with Crippen molar-refractivity contribution in [3.05, 3.63) is 36.5 Å². The van der Waals surface area contributed by atoms with Gasteiger partial charge in [-0.25, -0.2) is 0 Å². The van der Waals surface area contributed by atoms with Crippen LogP contribution in [0.3, 0.4) is 0 Å². The lowest BCUT2D eigenvalue weighted by Gasteiger charge is -2.16. The lowest BCUT2D eigenvalue weighted by Crippen LogP contribution is -2.16. The zero-order valence-corrected chi connectivity index (χ0v) is 10.2. The fourth-order valence-electron chi connectivity index (χ4n) is 2.40. The van der Waals surface area contributed by atoms with Crippen LogP contribution in [0, 0.1) is 5.92 Å². The van der Waals surface area contributed by atoms with Gasteiger partial charge in [0, 0.05) is 17.6 Å². The summed E-state index contributed by atoms with van der Waals surface area (Å²) in [5.74, 6) is 0.959. The molecule has 1 fully saturated rings. The number of anilines is 1. The molecule has 1 N–H and O–H groups in total.